The van der Waals surface area contributed by atoms with Crippen molar-refractivity contribution in [2.45, 2.75) is 71.1 Å². The van der Waals surface area contributed by atoms with Gasteiger partial charge in [0.1, 0.15) is 23.7 Å². The fraction of sp³-hybridized carbons (Fsp3) is 0.586. The molecule has 0 amide bonds. The van der Waals surface area contributed by atoms with Crippen molar-refractivity contribution in [3.05, 3.63) is 59.7 Å². The van der Waals surface area contributed by atoms with Gasteiger partial charge in [-0.05, 0) is 41.8 Å². The van der Waals surface area contributed by atoms with Crippen LogP contribution in [0.4, 0.5) is 0 Å². The van der Waals surface area contributed by atoms with Crippen molar-refractivity contribution in [2.24, 2.45) is 16.7 Å². The van der Waals surface area contributed by atoms with E-state index in [1.54, 1.807) is 0 Å². The summed E-state index contributed by atoms with van der Waals surface area (Å²) in [6, 6.07) is 16.8. The number of ether oxygens (including phenoxy) is 5. The van der Waals surface area contributed by atoms with Crippen molar-refractivity contribution in [3.63, 3.8) is 0 Å². The van der Waals surface area contributed by atoms with Crippen LogP contribution in [0.3, 0.4) is 0 Å². The van der Waals surface area contributed by atoms with E-state index in [0.717, 1.165) is 37.6 Å². The Hall–Kier alpha value is -2.08. The van der Waals surface area contributed by atoms with E-state index in [4.69, 9.17) is 23.7 Å². The average molecular weight is 465 g/mol. The molecule has 0 N–H and O–H groups in total. The van der Waals surface area contributed by atoms with Crippen LogP contribution in [0, 0.1) is 16.7 Å². The van der Waals surface area contributed by atoms with Gasteiger partial charge < -0.3 is 23.7 Å². The first-order valence-electron chi connectivity index (χ1n) is 12.7. The summed E-state index contributed by atoms with van der Waals surface area (Å²) in [4.78, 5) is 0. The summed E-state index contributed by atoms with van der Waals surface area (Å²) in [5.41, 5.74) is 2.85. The molecule has 0 aliphatic carbocycles. The number of hydrogen-bond donors (Lipinski definition) is 0. The van der Waals surface area contributed by atoms with Crippen LogP contribution in [0.5, 0.6) is 11.5 Å². The lowest BCUT2D eigenvalue weighted by atomic mass is 9.79. The molecule has 0 spiro atoms. The minimum absolute atomic E-state index is 0.0787. The van der Waals surface area contributed by atoms with Gasteiger partial charge in [-0.1, -0.05) is 52.0 Å². The molecule has 4 heterocycles. The Balaban J connectivity index is 1.03. The highest BCUT2D eigenvalue weighted by molar-refractivity contribution is 5.32. The fourth-order valence-corrected chi connectivity index (χ4v) is 6.01. The minimum Gasteiger partial charge on any atom is -0.493 e. The molecule has 4 saturated heterocycles. The maximum Gasteiger partial charge on any atom is 0.128 e. The molecule has 2 aromatic carbocycles. The topological polar surface area (TPSA) is 46.2 Å². The van der Waals surface area contributed by atoms with E-state index in [2.05, 4.69) is 76.2 Å². The van der Waals surface area contributed by atoms with Crippen molar-refractivity contribution in [1.29, 1.82) is 0 Å². The average Bonchev–Trinajstić information content (AvgIpc) is 3.39. The van der Waals surface area contributed by atoms with Gasteiger partial charge >= 0.3 is 0 Å². The number of hydrogen-bond acceptors (Lipinski definition) is 5. The molecule has 0 radical (unpaired) electrons. The molecule has 5 heteroatoms. The molecule has 6 atom stereocenters. The standard InChI is InChI=1S/C29H36O5/c1-28(2)16-31-26(28)18-5-9-21(10-6-18)30-15-20-13-23-14-24(25(20)34-23)33-22-11-7-19(8-12-22)27-29(3,4)17-32-27/h5-12,20,23-27H,13-17H2,1-4H3. The second kappa shape index (κ2) is 8.25. The molecule has 4 aliphatic heterocycles. The van der Waals surface area contributed by atoms with Gasteiger partial charge in [0.15, 0.2) is 0 Å². The first kappa shape index (κ1) is 22.4. The summed E-state index contributed by atoms with van der Waals surface area (Å²) in [5.74, 6) is 2.15. The second-order valence-electron chi connectivity index (χ2n) is 11.9. The van der Waals surface area contributed by atoms with Gasteiger partial charge in [-0.2, -0.15) is 0 Å². The quantitative estimate of drug-likeness (QED) is 0.512. The molecule has 0 aromatic heterocycles. The number of fused-ring (bicyclic) bond motifs is 2. The summed E-state index contributed by atoms with van der Waals surface area (Å²) in [5, 5.41) is 0. The summed E-state index contributed by atoms with van der Waals surface area (Å²) in [6.45, 7) is 11.3. The third-order valence-corrected chi connectivity index (χ3v) is 8.02. The van der Waals surface area contributed by atoms with Crippen LogP contribution in [-0.4, -0.2) is 38.1 Å². The molecular weight excluding hydrogens is 428 g/mol. The van der Waals surface area contributed by atoms with E-state index in [1.165, 1.54) is 11.1 Å². The third kappa shape index (κ3) is 4.02. The molecule has 5 nitrogen and oxygen atoms in total. The Morgan fingerprint density at radius 1 is 0.765 bits per heavy atom. The highest BCUT2D eigenvalue weighted by atomic mass is 16.6. The Morgan fingerprint density at radius 2 is 1.32 bits per heavy atom. The lowest BCUT2D eigenvalue weighted by Crippen LogP contribution is -2.40. The normalized spacial score (nSPS) is 34.8. The van der Waals surface area contributed by atoms with E-state index >= 15 is 0 Å². The fourth-order valence-electron chi connectivity index (χ4n) is 6.01. The largest absolute Gasteiger partial charge is 0.493 e. The van der Waals surface area contributed by atoms with Crippen molar-refractivity contribution >= 4 is 0 Å². The number of benzene rings is 2. The van der Waals surface area contributed by atoms with E-state index in [0.29, 0.717) is 12.5 Å². The Bertz CT molecular complexity index is 1010. The van der Waals surface area contributed by atoms with Gasteiger partial charge in [-0.25, -0.2) is 0 Å². The van der Waals surface area contributed by atoms with Gasteiger partial charge in [0.05, 0.1) is 38.1 Å². The van der Waals surface area contributed by atoms with Crippen molar-refractivity contribution in [1.82, 2.24) is 0 Å². The van der Waals surface area contributed by atoms with Gasteiger partial charge in [0.25, 0.3) is 0 Å². The Morgan fingerprint density at radius 3 is 1.79 bits per heavy atom. The zero-order valence-electron chi connectivity index (χ0n) is 20.7. The first-order chi connectivity index (χ1) is 16.3. The zero-order valence-corrected chi connectivity index (χ0v) is 20.7. The smallest absolute Gasteiger partial charge is 0.128 e. The second-order valence-corrected chi connectivity index (χ2v) is 11.9. The van der Waals surface area contributed by atoms with Crippen LogP contribution >= 0.6 is 0 Å². The molecule has 4 aliphatic rings. The van der Waals surface area contributed by atoms with E-state index in [9.17, 15) is 0 Å². The minimum atomic E-state index is 0.0787. The molecule has 0 saturated carbocycles. The molecule has 4 fully saturated rings. The molecule has 182 valence electrons. The lowest BCUT2D eigenvalue weighted by molar-refractivity contribution is -0.172. The molecule has 2 aromatic rings. The molecule has 2 bridgehead atoms. The summed E-state index contributed by atoms with van der Waals surface area (Å²) >= 11 is 0. The molecular formula is C29H36O5. The van der Waals surface area contributed by atoms with Crippen LogP contribution in [0.15, 0.2) is 48.5 Å². The maximum atomic E-state index is 6.37. The Kier molecular flexibility index (Phi) is 5.43. The first-order valence-corrected chi connectivity index (χ1v) is 12.7. The highest BCUT2D eigenvalue weighted by Gasteiger charge is 2.49. The highest BCUT2D eigenvalue weighted by Crippen LogP contribution is 2.47. The van der Waals surface area contributed by atoms with E-state index in [1.807, 2.05) is 0 Å². The van der Waals surface area contributed by atoms with Crippen LogP contribution in [0.25, 0.3) is 0 Å². The van der Waals surface area contributed by atoms with E-state index in [-0.39, 0.29) is 41.3 Å². The molecule has 34 heavy (non-hydrogen) atoms. The predicted octanol–water partition coefficient (Wildman–Crippen LogP) is 5.89. The van der Waals surface area contributed by atoms with Gasteiger partial charge in [-0.3, -0.25) is 0 Å². The number of rotatable bonds is 7. The predicted molar refractivity (Wildman–Crippen MR) is 129 cm³/mol. The zero-order chi connectivity index (χ0) is 23.5. The third-order valence-electron chi connectivity index (χ3n) is 8.02. The van der Waals surface area contributed by atoms with Crippen molar-refractivity contribution in [2.75, 3.05) is 19.8 Å². The van der Waals surface area contributed by atoms with Gasteiger partial charge in [0.2, 0.25) is 0 Å². The van der Waals surface area contributed by atoms with Gasteiger partial charge in [-0.15, -0.1) is 0 Å². The summed E-state index contributed by atoms with van der Waals surface area (Å²) in [7, 11) is 0. The monoisotopic (exact) mass is 464 g/mol. The molecule has 6 rings (SSSR count). The molecule has 6 unspecified atom stereocenters. The van der Waals surface area contributed by atoms with Crippen LogP contribution in [0.1, 0.15) is 63.9 Å². The lowest BCUT2D eigenvalue weighted by Gasteiger charge is -2.44. The van der Waals surface area contributed by atoms with Crippen molar-refractivity contribution in [3.8, 4) is 11.5 Å². The SMILES string of the molecule is CC1(C)COC1c1ccc(OCC2CC3CC(Oc4ccc(C5OCC5(C)C)cc4)C2O3)cc1. The van der Waals surface area contributed by atoms with Crippen LogP contribution in [0.2, 0.25) is 0 Å². The van der Waals surface area contributed by atoms with Crippen molar-refractivity contribution < 1.29 is 23.7 Å². The van der Waals surface area contributed by atoms with E-state index < -0.39 is 0 Å². The van der Waals surface area contributed by atoms with Gasteiger partial charge in [0, 0.05) is 23.2 Å². The summed E-state index contributed by atoms with van der Waals surface area (Å²) < 4.78 is 30.3. The van der Waals surface area contributed by atoms with Crippen LogP contribution in [-0.2, 0) is 14.2 Å². The maximum absolute atomic E-state index is 6.37. The van der Waals surface area contributed by atoms with Crippen LogP contribution < -0.4 is 9.47 Å². The summed E-state index contributed by atoms with van der Waals surface area (Å²) in [6.07, 6.45) is 2.79. The Labute approximate surface area is 202 Å².